The zero-order valence-corrected chi connectivity index (χ0v) is 12.4. The Labute approximate surface area is 105 Å². The van der Waals surface area contributed by atoms with E-state index >= 15 is 0 Å². The Morgan fingerprint density at radius 2 is 1.59 bits per heavy atom. The van der Waals surface area contributed by atoms with Crippen molar-refractivity contribution >= 4 is 15.7 Å². The number of hydrogen-bond acceptors (Lipinski definition) is 3. The van der Waals surface area contributed by atoms with Gasteiger partial charge in [-0.2, -0.15) is 0 Å². The number of rotatable bonds is 7. The molecule has 0 heterocycles. The highest BCUT2D eigenvalue weighted by molar-refractivity contribution is 7.92. The molecule has 1 atom stereocenters. The summed E-state index contributed by atoms with van der Waals surface area (Å²) in [7, 11) is -3.31. The summed E-state index contributed by atoms with van der Waals surface area (Å²) in [6.45, 7) is 10.3. The summed E-state index contributed by atoms with van der Waals surface area (Å²) < 4.78 is 23.9. The third-order valence-corrected chi connectivity index (χ3v) is 5.02. The summed E-state index contributed by atoms with van der Waals surface area (Å²) in [5.41, 5.74) is 0. The van der Waals surface area contributed by atoms with Gasteiger partial charge in [-0.1, -0.05) is 13.8 Å². The van der Waals surface area contributed by atoms with Crippen LogP contribution >= 0.6 is 0 Å². The Morgan fingerprint density at radius 3 is 1.94 bits per heavy atom. The fourth-order valence-electron chi connectivity index (χ4n) is 1.52. The van der Waals surface area contributed by atoms with Crippen molar-refractivity contribution in [3.8, 4) is 0 Å². The SMILES string of the molecule is CCN(CC)C(=O)C(C)S(=O)(=O)CCC(C)C. The summed E-state index contributed by atoms with van der Waals surface area (Å²) in [6, 6.07) is 0. The molecule has 4 nitrogen and oxygen atoms in total. The third-order valence-electron chi connectivity index (χ3n) is 2.94. The Kier molecular flexibility index (Phi) is 6.75. The molecule has 0 bridgehead atoms. The Morgan fingerprint density at radius 1 is 1.12 bits per heavy atom. The standard InChI is InChI=1S/C12H25NO3S/c1-6-13(7-2)12(14)11(5)17(15,16)9-8-10(3)4/h10-11H,6-9H2,1-5H3. The van der Waals surface area contributed by atoms with E-state index < -0.39 is 15.1 Å². The van der Waals surface area contributed by atoms with Crippen molar-refractivity contribution in [3.63, 3.8) is 0 Å². The van der Waals surface area contributed by atoms with Gasteiger partial charge in [0.1, 0.15) is 5.25 Å². The molecule has 0 fully saturated rings. The van der Waals surface area contributed by atoms with Crippen LogP contribution in [0.2, 0.25) is 0 Å². The second-order valence-corrected chi connectivity index (χ2v) is 7.14. The lowest BCUT2D eigenvalue weighted by atomic mass is 10.2. The van der Waals surface area contributed by atoms with Crippen LogP contribution < -0.4 is 0 Å². The lowest BCUT2D eigenvalue weighted by Crippen LogP contribution is -2.42. The molecule has 0 radical (unpaired) electrons. The van der Waals surface area contributed by atoms with Gasteiger partial charge in [-0.3, -0.25) is 4.79 Å². The van der Waals surface area contributed by atoms with Gasteiger partial charge < -0.3 is 4.90 Å². The van der Waals surface area contributed by atoms with Crippen LogP contribution in [0.5, 0.6) is 0 Å². The van der Waals surface area contributed by atoms with Crippen LogP contribution in [0.1, 0.15) is 41.0 Å². The molecule has 0 aromatic rings. The lowest BCUT2D eigenvalue weighted by Gasteiger charge is -2.23. The van der Waals surface area contributed by atoms with Gasteiger partial charge in [0.25, 0.3) is 0 Å². The van der Waals surface area contributed by atoms with E-state index in [4.69, 9.17) is 0 Å². The Hall–Kier alpha value is -0.580. The fourth-order valence-corrected chi connectivity index (χ4v) is 3.13. The van der Waals surface area contributed by atoms with Crippen LogP contribution in [0.15, 0.2) is 0 Å². The first-order valence-corrected chi connectivity index (χ1v) is 7.98. The van der Waals surface area contributed by atoms with Gasteiger partial charge in [-0.15, -0.1) is 0 Å². The molecule has 17 heavy (non-hydrogen) atoms. The third kappa shape index (κ3) is 5.06. The fraction of sp³-hybridized carbons (Fsp3) is 0.917. The Bertz CT molecular complexity index is 332. The minimum atomic E-state index is -3.31. The number of sulfone groups is 1. The summed E-state index contributed by atoms with van der Waals surface area (Å²) in [5.74, 6) is 0.151. The van der Waals surface area contributed by atoms with Gasteiger partial charge in [0.2, 0.25) is 5.91 Å². The molecule has 102 valence electrons. The van der Waals surface area contributed by atoms with Crippen molar-refractivity contribution in [2.75, 3.05) is 18.8 Å². The van der Waals surface area contributed by atoms with Crippen molar-refractivity contribution in [2.24, 2.45) is 5.92 Å². The van der Waals surface area contributed by atoms with Crippen LogP contribution in [0.4, 0.5) is 0 Å². The van der Waals surface area contributed by atoms with Crippen LogP contribution in [0.3, 0.4) is 0 Å². The highest BCUT2D eigenvalue weighted by Gasteiger charge is 2.30. The van der Waals surface area contributed by atoms with E-state index in [1.165, 1.54) is 6.92 Å². The van der Waals surface area contributed by atoms with Gasteiger partial charge in [0, 0.05) is 13.1 Å². The predicted octanol–water partition coefficient (Wildman–Crippen LogP) is 1.70. The molecule has 0 saturated carbocycles. The molecule has 0 spiro atoms. The van der Waals surface area contributed by atoms with E-state index in [1.54, 1.807) is 4.90 Å². The number of carbonyl (C=O) groups excluding carboxylic acids is 1. The van der Waals surface area contributed by atoms with Crippen molar-refractivity contribution in [2.45, 2.75) is 46.3 Å². The average molecular weight is 263 g/mol. The van der Waals surface area contributed by atoms with Crippen molar-refractivity contribution in [1.82, 2.24) is 4.90 Å². The Balaban J connectivity index is 4.67. The van der Waals surface area contributed by atoms with Gasteiger partial charge in [0.15, 0.2) is 9.84 Å². The molecule has 0 aromatic carbocycles. The molecule has 5 heteroatoms. The normalized spacial score (nSPS) is 13.8. The van der Waals surface area contributed by atoms with E-state index in [-0.39, 0.29) is 11.7 Å². The second-order valence-electron chi connectivity index (χ2n) is 4.70. The zero-order chi connectivity index (χ0) is 13.6. The predicted molar refractivity (Wildman–Crippen MR) is 70.6 cm³/mol. The molecule has 0 aliphatic rings. The van der Waals surface area contributed by atoms with Crippen molar-refractivity contribution in [1.29, 1.82) is 0 Å². The van der Waals surface area contributed by atoms with Crippen molar-refractivity contribution < 1.29 is 13.2 Å². The number of hydrogen-bond donors (Lipinski definition) is 0. The van der Waals surface area contributed by atoms with E-state index in [0.29, 0.717) is 25.4 Å². The summed E-state index contributed by atoms with van der Waals surface area (Å²) in [6.07, 6.45) is 0.609. The molecular formula is C12H25NO3S. The number of nitrogens with zero attached hydrogens (tertiary/aromatic N) is 1. The lowest BCUT2D eigenvalue weighted by molar-refractivity contribution is -0.130. The summed E-state index contributed by atoms with van der Waals surface area (Å²) in [5, 5.41) is -0.916. The van der Waals surface area contributed by atoms with Gasteiger partial charge >= 0.3 is 0 Å². The summed E-state index contributed by atoms with van der Waals surface area (Å²) in [4.78, 5) is 13.5. The maximum atomic E-state index is 12.0. The summed E-state index contributed by atoms with van der Waals surface area (Å²) >= 11 is 0. The van der Waals surface area contributed by atoms with Crippen LogP contribution in [-0.4, -0.2) is 43.3 Å². The smallest absolute Gasteiger partial charge is 0.240 e. The monoisotopic (exact) mass is 263 g/mol. The van der Waals surface area contributed by atoms with Gasteiger partial charge in [-0.05, 0) is 33.1 Å². The van der Waals surface area contributed by atoms with E-state index in [0.717, 1.165) is 0 Å². The molecule has 0 saturated heterocycles. The number of amides is 1. The van der Waals surface area contributed by atoms with E-state index in [1.807, 2.05) is 27.7 Å². The maximum Gasteiger partial charge on any atom is 0.240 e. The molecule has 1 amide bonds. The molecule has 0 aliphatic heterocycles. The highest BCUT2D eigenvalue weighted by Crippen LogP contribution is 2.11. The van der Waals surface area contributed by atoms with Crippen LogP contribution in [0.25, 0.3) is 0 Å². The molecule has 1 unspecified atom stereocenters. The molecule has 0 rings (SSSR count). The van der Waals surface area contributed by atoms with Crippen molar-refractivity contribution in [3.05, 3.63) is 0 Å². The number of carbonyl (C=O) groups is 1. The van der Waals surface area contributed by atoms with E-state index in [9.17, 15) is 13.2 Å². The second kappa shape index (κ2) is 6.99. The first-order chi connectivity index (χ1) is 7.76. The van der Waals surface area contributed by atoms with Crippen LogP contribution in [-0.2, 0) is 14.6 Å². The largest absolute Gasteiger partial charge is 0.342 e. The molecular weight excluding hydrogens is 238 g/mol. The molecule has 0 aliphatic carbocycles. The van der Waals surface area contributed by atoms with Crippen LogP contribution in [0, 0.1) is 5.92 Å². The topological polar surface area (TPSA) is 54.5 Å². The van der Waals surface area contributed by atoms with Gasteiger partial charge in [-0.25, -0.2) is 8.42 Å². The molecule has 0 aromatic heterocycles. The first kappa shape index (κ1) is 16.4. The van der Waals surface area contributed by atoms with E-state index in [2.05, 4.69) is 0 Å². The van der Waals surface area contributed by atoms with Gasteiger partial charge in [0.05, 0.1) is 5.75 Å². The quantitative estimate of drug-likeness (QED) is 0.702. The molecule has 0 N–H and O–H groups in total. The minimum Gasteiger partial charge on any atom is -0.342 e. The zero-order valence-electron chi connectivity index (χ0n) is 11.6. The highest BCUT2D eigenvalue weighted by atomic mass is 32.2. The minimum absolute atomic E-state index is 0.0961. The average Bonchev–Trinajstić information content (AvgIpc) is 2.27. The first-order valence-electron chi connectivity index (χ1n) is 6.26. The maximum absolute atomic E-state index is 12.0.